The van der Waals surface area contributed by atoms with Crippen molar-refractivity contribution in [2.75, 3.05) is 17.7 Å². The molecular weight excluding hydrogens is 390 g/mol. The summed E-state index contributed by atoms with van der Waals surface area (Å²) in [4.78, 5) is 16.7. The standard InChI is InChI=1S/C23H23N7O/c1-15-3-6-18(7-4-15)28-23(31)29-21-14-30(19-12-26-27-13-19)22-8-5-16(9-20(21)22)17(10-24)11-25-2/h3-14H,24H2,1-2H3,(H,26,27)(H2,28,29,31)/b17-10+,25-11?. The van der Waals surface area contributed by atoms with Crippen molar-refractivity contribution in [2.45, 2.75) is 6.92 Å². The van der Waals surface area contributed by atoms with Gasteiger partial charge >= 0.3 is 6.03 Å². The summed E-state index contributed by atoms with van der Waals surface area (Å²) in [5.41, 5.74) is 11.7. The zero-order chi connectivity index (χ0) is 21.8. The number of anilines is 2. The molecule has 2 aromatic carbocycles. The Morgan fingerprint density at radius 1 is 1.19 bits per heavy atom. The molecule has 156 valence electrons. The largest absolute Gasteiger partial charge is 0.404 e. The third kappa shape index (κ3) is 4.18. The Balaban J connectivity index is 1.73. The third-order valence-corrected chi connectivity index (χ3v) is 4.91. The van der Waals surface area contributed by atoms with Crippen LogP contribution in [0.2, 0.25) is 0 Å². The number of rotatable bonds is 5. The molecule has 8 nitrogen and oxygen atoms in total. The number of aliphatic imine (C=N–C) groups is 1. The second-order valence-electron chi connectivity index (χ2n) is 7.06. The van der Waals surface area contributed by atoms with Crippen molar-refractivity contribution in [3.05, 3.63) is 78.4 Å². The molecule has 0 unspecified atom stereocenters. The van der Waals surface area contributed by atoms with Crippen LogP contribution in [0.25, 0.3) is 22.2 Å². The van der Waals surface area contributed by atoms with Gasteiger partial charge in [0.15, 0.2) is 0 Å². The van der Waals surface area contributed by atoms with E-state index < -0.39 is 0 Å². The van der Waals surface area contributed by atoms with E-state index >= 15 is 0 Å². The average Bonchev–Trinajstić information content (AvgIpc) is 3.42. The van der Waals surface area contributed by atoms with Crippen LogP contribution in [0.3, 0.4) is 0 Å². The van der Waals surface area contributed by atoms with E-state index in [2.05, 4.69) is 25.8 Å². The molecule has 0 saturated carbocycles. The van der Waals surface area contributed by atoms with Gasteiger partial charge in [-0.15, -0.1) is 0 Å². The summed E-state index contributed by atoms with van der Waals surface area (Å²) >= 11 is 0. The van der Waals surface area contributed by atoms with Crippen molar-refractivity contribution in [1.29, 1.82) is 0 Å². The van der Waals surface area contributed by atoms with E-state index in [1.807, 2.05) is 60.2 Å². The third-order valence-electron chi connectivity index (χ3n) is 4.91. The second kappa shape index (κ2) is 8.58. The van der Waals surface area contributed by atoms with Gasteiger partial charge in [0, 0.05) is 48.5 Å². The van der Waals surface area contributed by atoms with Crippen molar-refractivity contribution < 1.29 is 4.79 Å². The molecular formula is C23H23N7O. The van der Waals surface area contributed by atoms with Crippen LogP contribution in [0.15, 0.2) is 72.2 Å². The minimum absolute atomic E-state index is 0.329. The number of H-pyrrole nitrogens is 1. The highest BCUT2D eigenvalue weighted by molar-refractivity contribution is 6.12. The molecule has 0 aliphatic rings. The average molecular weight is 413 g/mol. The van der Waals surface area contributed by atoms with Gasteiger partial charge < -0.3 is 20.9 Å². The quantitative estimate of drug-likeness (QED) is 0.366. The van der Waals surface area contributed by atoms with Crippen LogP contribution in [0, 0.1) is 6.92 Å². The number of allylic oxidation sites excluding steroid dienone is 1. The molecule has 2 heterocycles. The summed E-state index contributed by atoms with van der Waals surface area (Å²) in [6, 6.07) is 13.2. The first-order valence-corrected chi connectivity index (χ1v) is 9.72. The summed E-state index contributed by atoms with van der Waals surface area (Å²) in [5, 5.41) is 13.5. The summed E-state index contributed by atoms with van der Waals surface area (Å²) in [7, 11) is 1.69. The molecule has 0 spiro atoms. The number of urea groups is 1. The molecule has 0 fully saturated rings. The lowest BCUT2D eigenvalue weighted by Crippen LogP contribution is -2.19. The molecule has 0 aliphatic carbocycles. The summed E-state index contributed by atoms with van der Waals surface area (Å²) in [6.07, 6.45) is 8.59. The van der Waals surface area contributed by atoms with Gasteiger partial charge in [-0.1, -0.05) is 23.8 Å². The van der Waals surface area contributed by atoms with Gasteiger partial charge in [0.05, 0.1) is 23.1 Å². The Morgan fingerprint density at radius 3 is 2.68 bits per heavy atom. The van der Waals surface area contributed by atoms with Gasteiger partial charge in [-0.05, 0) is 36.8 Å². The molecule has 4 aromatic rings. The smallest absolute Gasteiger partial charge is 0.323 e. The van der Waals surface area contributed by atoms with E-state index in [4.69, 9.17) is 5.73 Å². The van der Waals surface area contributed by atoms with Crippen LogP contribution < -0.4 is 16.4 Å². The van der Waals surface area contributed by atoms with Gasteiger partial charge in [0.2, 0.25) is 0 Å². The first kappa shape index (κ1) is 20.0. The van der Waals surface area contributed by atoms with E-state index in [1.54, 1.807) is 25.7 Å². The molecule has 0 radical (unpaired) electrons. The van der Waals surface area contributed by atoms with Crippen LogP contribution >= 0.6 is 0 Å². The summed E-state index contributed by atoms with van der Waals surface area (Å²) < 4.78 is 1.96. The predicted molar refractivity (Wildman–Crippen MR) is 126 cm³/mol. The minimum atomic E-state index is -0.329. The first-order chi connectivity index (χ1) is 15.1. The number of aromatic amines is 1. The van der Waals surface area contributed by atoms with Gasteiger partial charge in [-0.3, -0.25) is 10.1 Å². The lowest BCUT2D eigenvalue weighted by molar-refractivity contribution is 0.262. The fraction of sp³-hybridized carbons (Fsp3) is 0.0870. The number of hydrogen-bond donors (Lipinski definition) is 4. The molecule has 4 rings (SSSR count). The van der Waals surface area contributed by atoms with E-state index in [-0.39, 0.29) is 6.03 Å². The molecule has 2 amide bonds. The maximum Gasteiger partial charge on any atom is 0.323 e. The topological polar surface area (TPSA) is 113 Å². The van der Waals surface area contributed by atoms with Crippen LogP contribution in [0.1, 0.15) is 11.1 Å². The number of benzene rings is 2. The number of nitrogens with two attached hydrogens (primary N) is 1. The lowest BCUT2D eigenvalue weighted by atomic mass is 10.1. The fourth-order valence-corrected chi connectivity index (χ4v) is 3.37. The minimum Gasteiger partial charge on any atom is -0.404 e. The molecule has 2 aromatic heterocycles. The Kier molecular flexibility index (Phi) is 5.53. The molecule has 0 aliphatic heterocycles. The van der Waals surface area contributed by atoms with Crippen molar-refractivity contribution in [2.24, 2.45) is 10.7 Å². The number of amides is 2. The number of carbonyl (C=O) groups excluding carboxylic acids is 1. The van der Waals surface area contributed by atoms with Crippen molar-refractivity contribution in [1.82, 2.24) is 14.8 Å². The molecule has 0 atom stereocenters. The normalized spacial score (nSPS) is 11.9. The lowest BCUT2D eigenvalue weighted by Gasteiger charge is -2.08. The van der Waals surface area contributed by atoms with E-state index in [0.717, 1.165) is 39.0 Å². The molecule has 0 bridgehead atoms. The predicted octanol–water partition coefficient (Wildman–Crippen LogP) is 4.31. The Hall–Kier alpha value is -4.33. The SMILES string of the molecule is CN=C/C(=C\N)c1ccc2c(c1)c(NC(=O)Nc1ccc(C)cc1)cn2-c1cn[nH]c1. The Labute approximate surface area is 179 Å². The first-order valence-electron chi connectivity index (χ1n) is 9.72. The van der Waals surface area contributed by atoms with Crippen LogP contribution in [-0.4, -0.2) is 34.1 Å². The van der Waals surface area contributed by atoms with Crippen molar-refractivity contribution in [3.63, 3.8) is 0 Å². The van der Waals surface area contributed by atoms with Gasteiger partial charge in [-0.25, -0.2) is 4.79 Å². The summed E-state index contributed by atoms with van der Waals surface area (Å²) in [5.74, 6) is 0. The van der Waals surface area contributed by atoms with Gasteiger partial charge in [0.25, 0.3) is 0 Å². The molecule has 5 N–H and O–H groups in total. The maximum atomic E-state index is 12.7. The van der Waals surface area contributed by atoms with Gasteiger partial charge in [0.1, 0.15) is 0 Å². The number of carbonyl (C=O) groups is 1. The highest BCUT2D eigenvalue weighted by Gasteiger charge is 2.14. The number of nitrogens with zero attached hydrogens (tertiary/aromatic N) is 3. The summed E-state index contributed by atoms with van der Waals surface area (Å²) in [6.45, 7) is 2.00. The highest BCUT2D eigenvalue weighted by Crippen LogP contribution is 2.31. The molecule has 8 heteroatoms. The maximum absolute atomic E-state index is 12.7. The van der Waals surface area contributed by atoms with Gasteiger partial charge in [-0.2, -0.15) is 5.10 Å². The zero-order valence-electron chi connectivity index (χ0n) is 17.3. The number of aromatic nitrogens is 3. The van der Waals surface area contributed by atoms with Crippen molar-refractivity contribution in [3.8, 4) is 5.69 Å². The van der Waals surface area contributed by atoms with E-state index in [9.17, 15) is 4.79 Å². The highest BCUT2D eigenvalue weighted by atomic mass is 16.2. The van der Waals surface area contributed by atoms with Crippen LogP contribution in [0.4, 0.5) is 16.2 Å². The van der Waals surface area contributed by atoms with E-state index in [1.165, 1.54) is 6.20 Å². The number of hydrogen-bond acceptors (Lipinski definition) is 4. The molecule has 31 heavy (non-hydrogen) atoms. The Bertz CT molecular complexity index is 1270. The van der Waals surface area contributed by atoms with E-state index in [0.29, 0.717) is 5.69 Å². The van der Waals surface area contributed by atoms with Crippen LogP contribution in [0.5, 0.6) is 0 Å². The molecule has 0 saturated heterocycles. The fourth-order valence-electron chi connectivity index (χ4n) is 3.37. The number of aryl methyl sites for hydroxylation is 1. The zero-order valence-corrected chi connectivity index (χ0v) is 17.3. The monoisotopic (exact) mass is 413 g/mol. The number of nitrogens with one attached hydrogen (secondary N) is 3. The number of fused-ring (bicyclic) bond motifs is 1. The second-order valence-corrected chi connectivity index (χ2v) is 7.06. The van der Waals surface area contributed by atoms with Crippen LogP contribution in [-0.2, 0) is 0 Å². The van der Waals surface area contributed by atoms with Crippen molar-refractivity contribution >= 4 is 40.1 Å². The Morgan fingerprint density at radius 2 is 2.00 bits per heavy atom.